The van der Waals surface area contributed by atoms with Crippen molar-refractivity contribution in [3.63, 3.8) is 0 Å². The predicted molar refractivity (Wildman–Crippen MR) is 89.9 cm³/mol. The van der Waals surface area contributed by atoms with E-state index in [0.717, 1.165) is 29.3 Å². The van der Waals surface area contributed by atoms with E-state index in [0.29, 0.717) is 10.9 Å². The van der Waals surface area contributed by atoms with E-state index in [4.69, 9.17) is 4.74 Å². The van der Waals surface area contributed by atoms with Crippen LogP contribution in [-0.2, 0) is 0 Å². The fourth-order valence-electron chi connectivity index (χ4n) is 3.45. The first-order valence-electron chi connectivity index (χ1n) is 7.86. The van der Waals surface area contributed by atoms with Crippen molar-refractivity contribution in [2.75, 3.05) is 26.7 Å². The number of rotatable bonds is 4. The van der Waals surface area contributed by atoms with Crippen molar-refractivity contribution in [3.05, 3.63) is 35.5 Å². The van der Waals surface area contributed by atoms with Crippen LogP contribution in [0.5, 0.6) is 5.75 Å². The zero-order valence-electron chi connectivity index (χ0n) is 13.0. The highest BCUT2D eigenvalue weighted by atomic mass is 32.1. The number of hydrogen-bond donors (Lipinski definition) is 1. The van der Waals surface area contributed by atoms with Crippen LogP contribution in [0.2, 0.25) is 0 Å². The molecule has 1 aromatic carbocycles. The van der Waals surface area contributed by atoms with Gasteiger partial charge in [0, 0.05) is 25.3 Å². The molecule has 1 N–H and O–H groups in total. The van der Waals surface area contributed by atoms with Crippen molar-refractivity contribution >= 4 is 17.2 Å². The molecule has 3 heterocycles. The second kappa shape index (κ2) is 5.94. The summed E-state index contributed by atoms with van der Waals surface area (Å²) in [5, 5.41) is 3.69. The maximum absolute atomic E-state index is 12.4. The van der Waals surface area contributed by atoms with Crippen molar-refractivity contribution in [1.82, 2.24) is 15.2 Å². The summed E-state index contributed by atoms with van der Waals surface area (Å²) in [5.74, 6) is 1.39. The number of aromatic nitrogens is 1. The Labute approximate surface area is 139 Å². The van der Waals surface area contributed by atoms with Crippen LogP contribution in [0.4, 0.5) is 0 Å². The van der Waals surface area contributed by atoms with E-state index < -0.39 is 0 Å². The SMILES string of the molecule is COc1ccc(-c2cnc(C(=O)NC3CN4CC[C@H]3C4)s2)cc1. The van der Waals surface area contributed by atoms with Crippen molar-refractivity contribution in [2.24, 2.45) is 5.92 Å². The highest BCUT2D eigenvalue weighted by Crippen LogP contribution is 2.30. The molecule has 2 saturated heterocycles. The lowest BCUT2D eigenvalue weighted by Crippen LogP contribution is -2.43. The molecule has 2 aliphatic heterocycles. The lowest BCUT2D eigenvalue weighted by Gasteiger charge is -2.22. The van der Waals surface area contributed by atoms with Crippen molar-refractivity contribution in [3.8, 4) is 16.2 Å². The van der Waals surface area contributed by atoms with Crippen LogP contribution < -0.4 is 10.1 Å². The molecule has 2 bridgehead atoms. The van der Waals surface area contributed by atoms with E-state index in [-0.39, 0.29) is 11.9 Å². The number of carbonyl (C=O) groups is 1. The Hall–Kier alpha value is -1.92. The predicted octanol–water partition coefficient (Wildman–Crippen LogP) is 2.25. The first kappa shape index (κ1) is 14.7. The lowest BCUT2D eigenvalue weighted by molar-refractivity contribution is 0.0924. The van der Waals surface area contributed by atoms with Gasteiger partial charge >= 0.3 is 0 Å². The van der Waals surface area contributed by atoms with Crippen molar-refractivity contribution < 1.29 is 9.53 Å². The Morgan fingerprint density at radius 2 is 2.17 bits per heavy atom. The van der Waals surface area contributed by atoms with Crippen LogP contribution in [0.3, 0.4) is 0 Å². The standard InChI is InChI=1S/C17H19N3O2S/c1-22-13-4-2-11(3-5-13)15-8-18-17(23-15)16(21)19-14-10-20-7-6-12(14)9-20/h2-5,8,12,14H,6-7,9-10H2,1H3,(H,19,21)/t12-,14?/m0/s1. The van der Waals surface area contributed by atoms with Gasteiger partial charge in [0.15, 0.2) is 5.01 Å². The molecule has 120 valence electrons. The first-order chi connectivity index (χ1) is 11.2. The normalized spacial score (nSPS) is 25.5. The van der Waals surface area contributed by atoms with Gasteiger partial charge in [0.05, 0.1) is 12.0 Å². The number of thiazole rings is 1. The highest BCUT2D eigenvalue weighted by molar-refractivity contribution is 7.16. The molecular formula is C17H19N3O2S. The maximum atomic E-state index is 12.4. The molecule has 1 aromatic heterocycles. The smallest absolute Gasteiger partial charge is 0.280 e. The van der Waals surface area contributed by atoms with E-state index in [1.807, 2.05) is 24.3 Å². The van der Waals surface area contributed by atoms with Crippen LogP contribution in [0.25, 0.3) is 10.4 Å². The van der Waals surface area contributed by atoms with Crippen LogP contribution in [0, 0.1) is 5.92 Å². The quantitative estimate of drug-likeness (QED) is 0.935. The molecular weight excluding hydrogens is 310 g/mol. The Morgan fingerprint density at radius 3 is 2.83 bits per heavy atom. The summed E-state index contributed by atoms with van der Waals surface area (Å²) >= 11 is 1.43. The summed E-state index contributed by atoms with van der Waals surface area (Å²) in [7, 11) is 1.65. The summed E-state index contributed by atoms with van der Waals surface area (Å²) in [4.78, 5) is 20.1. The second-order valence-electron chi connectivity index (χ2n) is 6.15. The molecule has 3 atom stereocenters. The van der Waals surface area contributed by atoms with E-state index in [2.05, 4.69) is 15.2 Å². The average Bonchev–Trinajstić information content (AvgIpc) is 3.31. The van der Waals surface area contributed by atoms with Gasteiger partial charge in [0.2, 0.25) is 0 Å². The van der Waals surface area contributed by atoms with Crippen molar-refractivity contribution in [2.45, 2.75) is 12.5 Å². The number of carbonyl (C=O) groups excluding carboxylic acids is 1. The third-order valence-corrected chi connectivity index (χ3v) is 5.77. The Morgan fingerprint density at radius 1 is 1.35 bits per heavy atom. The van der Waals surface area contributed by atoms with Crippen LogP contribution in [0.1, 0.15) is 16.2 Å². The van der Waals surface area contributed by atoms with Gasteiger partial charge in [-0.3, -0.25) is 4.79 Å². The van der Waals surface area contributed by atoms with Crippen molar-refractivity contribution in [1.29, 1.82) is 0 Å². The second-order valence-corrected chi connectivity index (χ2v) is 7.18. The van der Waals surface area contributed by atoms with Gasteiger partial charge in [-0.15, -0.1) is 11.3 Å². The maximum Gasteiger partial charge on any atom is 0.280 e. The largest absolute Gasteiger partial charge is 0.497 e. The summed E-state index contributed by atoms with van der Waals surface area (Å²) in [6.45, 7) is 3.28. The number of piperidine rings is 1. The molecule has 0 radical (unpaired) electrons. The van der Waals surface area contributed by atoms with E-state index in [1.54, 1.807) is 13.3 Å². The summed E-state index contributed by atoms with van der Waals surface area (Å²) < 4.78 is 5.17. The molecule has 0 saturated carbocycles. The molecule has 2 fully saturated rings. The zero-order chi connectivity index (χ0) is 15.8. The van der Waals surface area contributed by atoms with Gasteiger partial charge in [0.1, 0.15) is 5.75 Å². The van der Waals surface area contributed by atoms with Crippen LogP contribution in [-0.4, -0.2) is 48.6 Å². The number of hydrogen-bond acceptors (Lipinski definition) is 5. The summed E-state index contributed by atoms with van der Waals surface area (Å²) in [6, 6.07) is 8.08. The number of nitrogens with one attached hydrogen (secondary N) is 1. The van der Waals surface area contributed by atoms with Gasteiger partial charge in [-0.25, -0.2) is 4.98 Å². The molecule has 6 heteroatoms. The monoisotopic (exact) mass is 329 g/mol. The van der Waals surface area contributed by atoms with E-state index in [1.165, 1.54) is 24.3 Å². The molecule has 0 spiro atoms. The Balaban J connectivity index is 1.45. The van der Waals surface area contributed by atoms with E-state index in [9.17, 15) is 4.79 Å². The summed E-state index contributed by atoms with van der Waals surface area (Å²) in [5.41, 5.74) is 1.05. The van der Waals surface area contributed by atoms with Gasteiger partial charge in [-0.2, -0.15) is 0 Å². The molecule has 0 aliphatic carbocycles. The molecule has 5 nitrogen and oxygen atoms in total. The van der Waals surface area contributed by atoms with Gasteiger partial charge in [-0.1, -0.05) is 0 Å². The minimum atomic E-state index is -0.0477. The third kappa shape index (κ3) is 2.84. The summed E-state index contributed by atoms with van der Waals surface area (Å²) in [6.07, 6.45) is 2.96. The minimum absolute atomic E-state index is 0.0477. The Kier molecular flexibility index (Phi) is 3.79. The minimum Gasteiger partial charge on any atom is -0.497 e. The van der Waals surface area contributed by atoms with E-state index >= 15 is 0 Å². The molecule has 2 unspecified atom stereocenters. The lowest BCUT2D eigenvalue weighted by atomic mass is 10.0. The molecule has 2 aliphatic rings. The number of methoxy groups -OCH3 is 1. The first-order valence-corrected chi connectivity index (χ1v) is 8.68. The van der Waals surface area contributed by atoms with Gasteiger partial charge in [-0.05, 0) is 48.7 Å². The fourth-order valence-corrected chi connectivity index (χ4v) is 4.27. The van der Waals surface area contributed by atoms with Crippen LogP contribution in [0.15, 0.2) is 30.5 Å². The van der Waals surface area contributed by atoms with Gasteiger partial charge in [0.25, 0.3) is 5.91 Å². The van der Waals surface area contributed by atoms with Crippen LogP contribution >= 0.6 is 11.3 Å². The Bertz CT molecular complexity index is 713. The number of benzene rings is 1. The highest BCUT2D eigenvalue weighted by Gasteiger charge is 2.38. The molecule has 1 amide bonds. The fraction of sp³-hybridized carbons (Fsp3) is 0.412. The molecule has 2 aromatic rings. The average molecular weight is 329 g/mol. The number of ether oxygens (including phenoxy) is 1. The van der Waals surface area contributed by atoms with Gasteiger partial charge < -0.3 is 15.0 Å². The third-order valence-electron chi connectivity index (χ3n) is 4.72. The number of amides is 1. The molecule has 23 heavy (non-hydrogen) atoms. The number of fused-ring (bicyclic) bond motifs is 2. The zero-order valence-corrected chi connectivity index (χ0v) is 13.8. The number of nitrogens with zero attached hydrogens (tertiary/aromatic N) is 2. The topological polar surface area (TPSA) is 54.5 Å². The molecule has 4 rings (SSSR count).